The highest BCUT2D eigenvalue weighted by molar-refractivity contribution is 5.82. The molecule has 2 aromatic rings. The van der Waals surface area contributed by atoms with E-state index < -0.39 is 24.6 Å². The molecule has 2 rings (SSSR count). The SMILES string of the molecule is COc1ccc(CNC(=O)COC(=O)[C@H](C)Oc2ccc(C#N)cc2)cc1OC. The number of nitrogens with one attached hydrogen (secondary N) is 1. The maximum Gasteiger partial charge on any atom is 0.347 e. The molecule has 2 aromatic carbocycles. The molecule has 0 fully saturated rings. The lowest BCUT2D eigenvalue weighted by atomic mass is 10.2. The number of ether oxygens (including phenoxy) is 4. The lowest BCUT2D eigenvalue weighted by Gasteiger charge is -2.14. The van der Waals surface area contributed by atoms with Gasteiger partial charge in [0.2, 0.25) is 0 Å². The van der Waals surface area contributed by atoms with Crippen molar-refractivity contribution in [3.63, 3.8) is 0 Å². The van der Waals surface area contributed by atoms with Crippen LogP contribution in [-0.2, 0) is 20.9 Å². The van der Waals surface area contributed by atoms with Crippen molar-refractivity contribution < 1.29 is 28.5 Å². The lowest BCUT2D eigenvalue weighted by molar-refractivity contribution is -0.154. The summed E-state index contributed by atoms with van der Waals surface area (Å²) in [7, 11) is 3.07. The number of methoxy groups -OCH3 is 2. The van der Waals surface area contributed by atoms with E-state index in [2.05, 4.69) is 5.32 Å². The molecule has 0 aliphatic heterocycles. The molecule has 152 valence electrons. The lowest BCUT2D eigenvalue weighted by Crippen LogP contribution is -2.32. The Morgan fingerprint density at radius 3 is 2.38 bits per heavy atom. The Morgan fingerprint density at radius 2 is 1.76 bits per heavy atom. The predicted octanol–water partition coefficient (Wildman–Crippen LogP) is 2.20. The second-order valence-corrected chi connectivity index (χ2v) is 5.97. The zero-order chi connectivity index (χ0) is 21.2. The van der Waals surface area contributed by atoms with Gasteiger partial charge in [-0.05, 0) is 48.9 Å². The number of benzene rings is 2. The van der Waals surface area contributed by atoms with Crippen molar-refractivity contribution in [2.24, 2.45) is 0 Å². The molecular formula is C21H22N2O6. The van der Waals surface area contributed by atoms with Crippen molar-refractivity contribution in [2.45, 2.75) is 19.6 Å². The van der Waals surface area contributed by atoms with Gasteiger partial charge in [-0.1, -0.05) is 6.07 Å². The summed E-state index contributed by atoms with van der Waals surface area (Å²) in [5.41, 5.74) is 1.29. The highest BCUT2D eigenvalue weighted by Crippen LogP contribution is 2.27. The van der Waals surface area contributed by atoms with Gasteiger partial charge in [0.1, 0.15) is 5.75 Å². The van der Waals surface area contributed by atoms with Gasteiger partial charge in [-0.15, -0.1) is 0 Å². The van der Waals surface area contributed by atoms with E-state index in [0.29, 0.717) is 22.8 Å². The number of carbonyl (C=O) groups excluding carboxylic acids is 2. The van der Waals surface area contributed by atoms with Crippen molar-refractivity contribution in [2.75, 3.05) is 20.8 Å². The molecule has 8 nitrogen and oxygen atoms in total. The molecule has 0 aliphatic carbocycles. The van der Waals surface area contributed by atoms with Gasteiger partial charge in [0.15, 0.2) is 24.2 Å². The van der Waals surface area contributed by atoms with Gasteiger partial charge in [0, 0.05) is 6.54 Å². The van der Waals surface area contributed by atoms with Crippen molar-refractivity contribution >= 4 is 11.9 Å². The quantitative estimate of drug-likeness (QED) is 0.645. The second-order valence-electron chi connectivity index (χ2n) is 5.97. The Bertz CT molecular complexity index is 889. The third-order valence-electron chi connectivity index (χ3n) is 3.91. The average Bonchev–Trinajstić information content (AvgIpc) is 2.76. The minimum atomic E-state index is -0.901. The number of nitriles is 1. The Morgan fingerprint density at radius 1 is 1.07 bits per heavy atom. The maximum absolute atomic E-state index is 12.0. The minimum Gasteiger partial charge on any atom is -0.493 e. The smallest absolute Gasteiger partial charge is 0.347 e. The summed E-state index contributed by atoms with van der Waals surface area (Å²) in [6.45, 7) is 1.34. The minimum absolute atomic E-state index is 0.244. The highest BCUT2D eigenvalue weighted by Gasteiger charge is 2.18. The van der Waals surface area contributed by atoms with Crippen LogP contribution < -0.4 is 19.5 Å². The molecule has 29 heavy (non-hydrogen) atoms. The van der Waals surface area contributed by atoms with E-state index in [1.807, 2.05) is 6.07 Å². The van der Waals surface area contributed by atoms with E-state index in [1.54, 1.807) is 49.6 Å². The molecule has 0 aromatic heterocycles. The van der Waals surface area contributed by atoms with E-state index in [4.69, 9.17) is 24.2 Å². The molecule has 0 saturated carbocycles. The van der Waals surface area contributed by atoms with Crippen LogP contribution in [0.5, 0.6) is 17.2 Å². The molecule has 1 N–H and O–H groups in total. The monoisotopic (exact) mass is 398 g/mol. The largest absolute Gasteiger partial charge is 0.493 e. The van der Waals surface area contributed by atoms with Crippen LogP contribution in [-0.4, -0.2) is 38.8 Å². The Kier molecular flexibility index (Phi) is 7.86. The van der Waals surface area contributed by atoms with Crippen LogP contribution in [0.4, 0.5) is 0 Å². The normalized spacial score (nSPS) is 11.0. The van der Waals surface area contributed by atoms with Gasteiger partial charge >= 0.3 is 5.97 Å². The molecule has 0 heterocycles. The van der Waals surface area contributed by atoms with E-state index in [0.717, 1.165) is 5.56 Å². The first-order valence-corrected chi connectivity index (χ1v) is 8.78. The van der Waals surface area contributed by atoms with Crippen LogP contribution in [0.25, 0.3) is 0 Å². The van der Waals surface area contributed by atoms with Crippen molar-refractivity contribution in [3.05, 3.63) is 53.6 Å². The summed E-state index contributed by atoms with van der Waals surface area (Å²) in [5, 5.41) is 11.4. The van der Waals surface area contributed by atoms with Crippen molar-refractivity contribution in [3.8, 4) is 23.3 Å². The van der Waals surface area contributed by atoms with Crippen molar-refractivity contribution in [1.82, 2.24) is 5.32 Å². The van der Waals surface area contributed by atoms with Crippen LogP contribution >= 0.6 is 0 Å². The Labute approximate surface area is 168 Å². The van der Waals surface area contributed by atoms with Gasteiger partial charge in [-0.2, -0.15) is 5.26 Å². The van der Waals surface area contributed by atoms with Gasteiger partial charge < -0.3 is 24.3 Å². The van der Waals surface area contributed by atoms with Crippen molar-refractivity contribution in [1.29, 1.82) is 5.26 Å². The summed E-state index contributed by atoms with van der Waals surface area (Å²) >= 11 is 0. The van der Waals surface area contributed by atoms with E-state index in [9.17, 15) is 9.59 Å². The van der Waals surface area contributed by atoms with Gasteiger partial charge in [0.25, 0.3) is 5.91 Å². The first-order chi connectivity index (χ1) is 14.0. The Balaban J connectivity index is 1.77. The number of rotatable bonds is 9. The van der Waals surface area contributed by atoms with Gasteiger partial charge in [-0.25, -0.2) is 4.79 Å². The van der Waals surface area contributed by atoms with Gasteiger partial charge in [-0.3, -0.25) is 4.79 Å². The van der Waals surface area contributed by atoms with Crippen LogP contribution in [0.15, 0.2) is 42.5 Å². The predicted molar refractivity (Wildman–Crippen MR) is 104 cm³/mol. The second kappa shape index (κ2) is 10.6. The first-order valence-electron chi connectivity index (χ1n) is 8.78. The van der Waals surface area contributed by atoms with Crippen LogP contribution in [0.1, 0.15) is 18.1 Å². The fourth-order valence-corrected chi connectivity index (χ4v) is 2.36. The fraction of sp³-hybridized carbons (Fsp3) is 0.286. The highest BCUT2D eigenvalue weighted by atomic mass is 16.6. The fourth-order valence-electron chi connectivity index (χ4n) is 2.36. The number of hydrogen-bond acceptors (Lipinski definition) is 7. The molecule has 0 spiro atoms. The molecule has 0 unspecified atom stereocenters. The number of nitrogens with zero attached hydrogens (tertiary/aromatic N) is 1. The summed E-state index contributed by atoms with van der Waals surface area (Å²) in [5.74, 6) is 0.452. The molecule has 0 bridgehead atoms. The number of amides is 1. The third kappa shape index (κ3) is 6.43. The summed E-state index contributed by atoms with van der Waals surface area (Å²) in [4.78, 5) is 23.9. The first kappa shape index (κ1) is 21.6. The number of carbonyl (C=O) groups is 2. The van der Waals surface area contributed by atoms with E-state index in [1.165, 1.54) is 14.0 Å². The molecule has 0 saturated heterocycles. The molecule has 0 radical (unpaired) electrons. The average molecular weight is 398 g/mol. The maximum atomic E-state index is 12.0. The van der Waals surface area contributed by atoms with Crippen LogP contribution in [0.3, 0.4) is 0 Å². The zero-order valence-electron chi connectivity index (χ0n) is 16.4. The topological polar surface area (TPSA) is 107 Å². The van der Waals surface area contributed by atoms with E-state index >= 15 is 0 Å². The van der Waals surface area contributed by atoms with E-state index in [-0.39, 0.29) is 6.54 Å². The number of hydrogen-bond donors (Lipinski definition) is 1. The van der Waals surface area contributed by atoms with Crippen LogP contribution in [0.2, 0.25) is 0 Å². The molecular weight excluding hydrogens is 376 g/mol. The van der Waals surface area contributed by atoms with Crippen LogP contribution in [0, 0.1) is 11.3 Å². The molecule has 1 atom stereocenters. The molecule has 0 aliphatic rings. The summed E-state index contributed by atoms with van der Waals surface area (Å²) < 4.78 is 20.8. The third-order valence-corrected chi connectivity index (χ3v) is 3.91. The Hall–Kier alpha value is -3.73. The molecule has 8 heteroatoms. The zero-order valence-corrected chi connectivity index (χ0v) is 16.4. The number of esters is 1. The summed E-state index contributed by atoms with van der Waals surface area (Å²) in [6, 6.07) is 13.6. The standard InChI is InChI=1S/C21H22N2O6/c1-14(29-17-7-4-15(11-22)5-8-17)21(25)28-13-20(24)23-12-16-6-9-18(26-2)19(10-16)27-3/h4-10,14H,12-13H2,1-3H3,(H,23,24)/t14-/m0/s1. The van der Waals surface area contributed by atoms with Gasteiger partial charge in [0.05, 0.1) is 25.9 Å². The molecule has 1 amide bonds. The summed E-state index contributed by atoms with van der Waals surface area (Å²) in [6.07, 6.45) is -0.901.